The summed E-state index contributed by atoms with van der Waals surface area (Å²) < 4.78 is 5.18. The average molecular weight is 404 g/mol. The van der Waals surface area contributed by atoms with Gasteiger partial charge in [0.2, 0.25) is 0 Å². The van der Waals surface area contributed by atoms with Crippen LogP contribution in [0.1, 0.15) is 44.6 Å². The van der Waals surface area contributed by atoms with Gasteiger partial charge in [0, 0.05) is 16.9 Å². The van der Waals surface area contributed by atoms with E-state index in [0.717, 1.165) is 11.1 Å². The number of hydrogen-bond acceptors (Lipinski definition) is 4. The van der Waals surface area contributed by atoms with E-state index in [1.165, 1.54) is 0 Å². The highest BCUT2D eigenvalue weighted by Crippen LogP contribution is 2.31. The van der Waals surface area contributed by atoms with Crippen LogP contribution >= 0.6 is 0 Å². The molecule has 3 aromatic rings. The monoisotopic (exact) mass is 404 g/mol. The highest BCUT2D eigenvalue weighted by atomic mass is 16.5. The zero-order valence-electron chi connectivity index (χ0n) is 17.5. The first-order valence-electron chi connectivity index (χ1n) is 9.71. The summed E-state index contributed by atoms with van der Waals surface area (Å²) in [5.41, 5.74) is 4.29. The maximum Gasteiger partial charge on any atom is 0.340 e. The molecule has 0 unspecified atom stereocenters. The van der Waals surface area contributed by atoms with Gasteiger partial charge >= 0.3 is 5.97 Å². The second-order valence-electron chi connectivity index (χ2n) is 7.12. The lowest BCUT2D eigenvalue weighted by molar-refractivity contribution is -0.112. The molecule has 0 fully saturated rings. The number of Topliss-reactive ketones (excluding diaryl/α,β-unsaturated/α-hetero) is 1. The van der Waals surface area contributed by atoms with Crippen LogP contribution in [-0.2, 0) is 9.53 Å². The summed E-state index contributed by atoms with van der Waals surface area (Å²) in [6.07, 6.45) is 0. The fraction of sp³-hybridized carbons (Fsp3) is 0.208. The van der Waals surface area contributed by atoms with Crippen molar-refractivity contribution in [2.75, 3.05) is 11.9 Å². The number of anilines is 1. The first kappa shape index (κ1) is 21.0. The van der Waals surface area contributed by atoms with E-state index in [-0.39, 0.29) is 17.9 Å². The van der Waals surface area contributed by atoms with Crippen molar-refractivity contribution in [3.05, 3.63) is 76.6 Å². The quantitative estimate of drug-likeness (QED) is 0.357. The molecule has 1 amide bonds. The predicted octanol–water partition coefficient (Wildman–Crippen LogP) is 4.61. The normalized spacial score (nSPS) is 10.5. The van der Waals surface area contributed by atoms with Crippen molar-refractivity contribution in [1.82, 2.24) is 4.98 Å². The van der Waals surface area contributed by atoms with Crippen LogP contribution in [0.25, 0.3) is 11.1 Å². The van der Waals surface area contributed by atoms with Gasteiger partial charge < -0.3 is 15.0 Å². The number of aromatic amines is 1. The van der Waals surface area contributed by atoms with Gasteiger partial charge in [0.05, 0.1) is 12.2 Å². The minimum absolute atomic E-state index is 0.0589. The van der Waals surface area contributed by atoms with Crippen molar-refractivity contribution in [3.63, 3.8) is 0 Å². The number of rotatable bonds is 6. The Morgan fingerprint density at radius 3 is 2.20 bits per heavy atom. The van der Waals surface area contributed by atoms with Crippen LogP contribution in [0.3, 0.4) is 0 Å². The van der Waals surface area contributed by atoms with E-state index in [4.69, 9.17) is 4.74 Å². The number of amides is 1. The Kier molecular flexibility index (Phi) is 6.16. The molecule has 30 heavy (non-hydrogen) atoms. The van der Waals surface area contributed by atoms with Gasteiger partial charge in [0.1, 0.15) is 5.69 Å². The number of aromatic nitrogens is 1. The Hall–Kier alpha value is -3.67. The molecule has 0 bridgehead atoms. The molecule has 2 aromatic carbocycles. The number of carbonyl (C=O) groups excluding carboxylic acids is 3. The van der Waals surface area contributed by atoms with Crippen molar-refractivity contribution in [3.8, 4) is 11.1 Å². The number of benzene rings is 2. The van der Waals surface area contributed by atoms with Crippen LogP contribution in [0.15, 0.2) is 48.5 Å². The third-order valence-electron chi connectivity index (χ3n) is 4.64. The number of carbonyl (C=O) groups is 3. The first-order valence-corrected chi connectivity index (χ1v) is 9.71. The zero-order chi connectivity index (χ0) is 21.8. The number of ketones is 1. The number of esters is 1. The molecule has 6 heteroatoms. The number of aryl methyl sites for hydroxylation is 3. The summed E-state index contributed by atoms with van der Waals surface area (Å²) in [6.45, 7) is 7.42. The van der Waals surface area contributed by atoms with Crippen molar-refractivity contribution in [2.45, 2.75) is 27.7 Å². The van der Waals surface area contributed by atoms with Crippen LogP contribution in [0, 0.1) is 20.8 Å². The van der Waals surface area contributed by atoms with Gasteiger partial charge in [0.25, 0.3) is 11.7 Å². The molecule has 0 atom stereocenters. The van der Waals surface area contributed by atoms with E-state index in [1.54, 1.807) is 50.2 Å². The minimum atomic E-state index is -0.783. The largest absolute Gasteiger partial charge is 0.462 e. The maximum atomic E-state index is 13.1. The molecule has 0 radical (unpaired) electrons. The molecule has 0 spiro atoms. The molecule has 1 aromatic heterocycles. The standard InChI is InChI=1S/C24H24N2O4/c1-5-30-24(29)19-16(4)25-21(20(19)17-9-7-6-8-10-17)22(27)23(28)26-18-12-14(2)11-15(3)13-18/h6-13,25H,5H2,1-4H3,(H,26,28). The lowest BCUT2D eigenvalue weighted by Crippen LogP contribution is -2.24. The van der Waals surface area contributed by atoms with Crippen LogP contribution in [0.5, 0.6) is 0 Å². The summed E-state index contributed by atoms with van der Waals surface area (Å²) >= 11 is 0. The zero-order valence-corrected chi connectivity index (χ0v) is 17.5. The maximum absolute atomic E-state index is 13.1. The molecule has 0 aliphatic rings. The van der Waals surface area contributed by atoms with Crippen LogP contribution in [0.4, 0.5) is 5.69 Å². The van der Waals surface area contributed by atoms with Crippen molar-refractivity contribution < 1.29 is 19.1 Å². The topological polar surface area (TPSA) is 88.3 Å². The third kappa shape index (κ3) is 4.33. The Labute approximate surface area is 175 Å². The Morgan fingerprint density at radius 1 is 0.967 bits per heavy atom. The summed E-state index contributed by atoms with van der Waals surface area (Å²) in [7, 11) is 0. The fourth-order valence-electron chi connectivity index (χ4n) is 3.50. The summed E-state index contributed by atoms with van der Waals surface area (Å²) in [5, 5.41) is 2.66. The van der Waals surface area contributed by atoms with Crippen molar-refractivity contribution >= 4 is 23.3 Å². The summed E-state index contributed by atoms with van der Waals surface area (Å²) in [4.78, 5) is 41.3. The smallest absolute Gasteiger partial charge is 0.340 e. The lowest BCUT2D eigenvalue weighted by atomic mass is 9.98. The highest BCUT2D eigenvalue weighted by Gasteiger charge is 2.29. The van der Waals surface area contributed by atoms with E-state index in [2.05, 4.69) is 10.3 Å². The van der Waals surface area contributed by atoms with Gasteiger partial charge in [0.15, 0.2) is 0 Å². The number of H-pyrrole nitrogens is 1. The minimum Gasteiger partial charge on any atom is -0.462 e. The molecule has 154 valence electrons. The SMILES string of the molecule is CCOC(=O)c1c(C)[nH]c(C(=O)C(=O)Nc2cc(C)cc(C)c2)c1-c1ccccc1. The van der Waals surface area contributed by atoms with E-state index in [1.807, 2.05) is 26.0 Å². The van der Waals surface area contributed by atoms with Gasteiger partial charge in [-0.2, -0.15) is 0 Å². The number of hydrogen-bond donors (Lipinski definition) is 2. The molecule has 0 aliphatic heterocycles. The van der Waals surface area contributed by atoms with Gasteiger partial charge in [-0.3, -0.25) is 9.59 Å². The number of nitrogens with one attached hydrogen (secondary N) is 2. The van der Waals surface area contributed by atoms with E-state index >= 15 is 0 Å². The molecular weight excluding hydrogens is 380 g/mol. The Balaban J connectivity index is 2.04. The van der Waals surface area contributed by atoms with Gasteiger partial charge in [-0.25, -0.2) is 4.79 Å². The van der Waals surface area contributed by atoms with Crippen molar-refractivity contribution in [2.24, 2.45) is 0 Å². The fourth-order valence-corrected chi connectivity index (χ4v) is 3.50. The van der Waals surface area contributed by atoms with Crippen LogP contribution in [0.2, 0.25) is 0 Å². The Bertz CT molecular complexity index is 1090. The Morgan fingerprint density at radius 2 is 1.60 bits per heavy atom. The second-order valence-corrected chi connectivity index (χ2v) is 7.12. The first-order chi connectivity index (χ1) is 14.3. The lowest BCUT2D eigenvalue weighted by Gasteiger charge is -2.09. The molecular formula is C24H24N2O4. The molecule has 0 saturated carbocycles. The van der Waals surface area contributed by atoms with Gasteiger partial charge in [-0.15, -0.1) is 0 Å². The molecule has 1 heterocycles. The number of ether oxygens (including phenoxy) is 1. The molecule has 0 saturated heterocycles. The molecule has 2 N–H and O–H groups in total. The average Bonchev–Trinajstić information content (AvgIpc) is 3.04. The van der Waals surface area contributed by atoms with Crippen molar-refractivity contribution in [1.29, 1.82) is 0 Å². The van der Waals surface area contributed by atoms with Crippen LogP contribution in [-0.4, -0.2) is 29.3 Å². The third-order valence-corrected chi connectivity index (χ3v) is 4.64. The molecule has 6 nitrogen and oxygen atoms in total. The van der Waals surface area contributed by atoms with Crippen LogP contribution < -0.4 is 5.32 Å². The van der Waals surface area contributed by atoms with E-state index in [0.29, 0.717) is 22.5 Å². The summed E-state index contributed by atoms with van der Waals surface area (Å²) in [5.74, 6) is -2.08. The van der Waals surface area contributed by atoms with E-state index in [9.17, 15) is 14.4 Å². The molecule has 0 aliphatic carbocycles. The van der Waals surface area contributed by atoms with E-state index < -0.39 is 17.7 Å². The summed E-state index contributed by atoms with van der Waals surface area (Å²) in [6, 6.07) is 14.6. The second kappa shape index (κ2) is 8.78. The predicted molar refractivity (Wildman–Crippen MR) is 116 cm³/mol. The van der Waals surface area contributed by atoms with Gasteiger partial charge in [-0.05, 0) is 56.5 Å². The molecule has 3 rings (SSSR count). The van der Waals surface area contributed by atoms with Gasteiger partial charge in [-0.1, -0.05) is 36.4 Å². The highest BCUT2D eigenvalue weighted by molar-refractivity contribution is 6.47.